The van der Waals surface area contributed by atoms with Crippen molar-refractivity contribution in [3.05, 3.63) is 29.3 Å². The maximum Gasteiger partial charge on any atom is 0.335 e. The summed E-state index contributed by atoms with van der Waals surface area (Å²) in [7, 11) is -5.06. The summed E-state index contributed by atoms with van der Waals surface area (Å²) in [5.41, 5.74) is -1.07. The Bertz CT molecular complexity index is 659. The zero-order valence-corrected chi connectivity index (χ0v) is 16.6. The van der Waals surface area contributed by atoms with Gasteiger partial charge in [0.1, 0.15) is 0 Å². The third-order valence-electron chi connectivity index (χ3n) is 4.38. The van der Waals surface area contributed by atoms with Gasteiger partial charge in [-0.1, -0.05) is 0 Å². The van der Waals surface area contributed by atoms with Gasteiger partial charge in [-0.2, -0.15) is 8.42 Å². The average Bonchev–Trinajstić information content (AvgIpc) is 2.57. The second-order valence-electron chi connectivity index (χ2n) is 5.44. The molecule has 0 saturated heterocycles. The molecule has 25 heavy (non-hydrogen) atoms. The summed E-state index contributed by atoms with van der Waals surface area (Å²) in [6.45, 7) is 9.41. The van der Waals surface area contributed by atoms with Crippen LogP contribution in [0, 0.1) is 0 Å². The van der Waals surface area contributed by atoms with Crippen molar-refractivity contribution in [2.45, 2.75) is 32.6 Å². The van der Waals surface area contributed by atoms with Crippen LogP contribution in [0.5, 0.6) is 0 Å². The lowest BCUT2D eigenvalue weighted by atomic mass is 10.1. The van der Waals surface area contributed by atoms with Crippen LogP contribution in [0.2, 0.25) is 0 Å². The number of hydrogen-bond acceptors (Lipinski definition) is 4. The number of rotatable bonds is 7. The van der Waals surface area contributed by atoms with E-state index in [-0.39, 0.29) is 0 Å². The largest absolute Gasteiger partial charge is 0.478 e. The van der Waals surface area contributed by atoms with Gasteiger partial charge >= 0.3 is 11.9 Å². The van der Waals surface area contributed by atoms with E-state index < -0.39 is 45.3 Å². The molecule has 3 N–H and O–H groups in total. The Morgan fingerprint density at radius 3 is 1.32 bits per heavy atom. The lowest BCUT2D eigenvalue weighted by Crippen LogP contribution is -2.07. The molecule has 0 unspecified atom stereocenters. The third kappa shape index (κ3) is 7.10. The first-order valence-electron chi connectivity index (χ1n) is 7.90. The van der Waals surface area contributed by atoms with Crippen LogP contribution >= 0.6 is 7.26 Å². The maximum atomic E-state index is 10.8. The van der Waals surface area contributed by atoms with Gasteiger partial charge in [0, 0.05) is 7.26 Å². The van der Waals surface area contributed by atoms with E-state index in [4.69, 9.17) is 14.8 Å². The molecule has 0 atom stereocenters. The molecule has 0 radical (unpaired) electrons. The first-order chi connectivity index (χ1) is 11.5. The summed E-state index contributed by atoms with van der Waals surface area (Å²) >= 11 is 0. The Morgan fingerprint density at radius 1 is 0.840 bits per heavy atom. The van der Waals surface area contributed by atoms with E-state index in [1.807, 2.05) is 0 Å². The highest BCUT2D eigenvalue weighted by molar-refractivity contribution is 7.85. The number of carbonyl (C=O) groups is 2. The van der Waals surface area contributed by atoms with Gasteiger partial charge in [-0.3, -0.25) is 4.55 Å². The van der Waals surface area contributed by atoms with Crippen molar-refractivity contribution in [3.8, 4) is 0 Å². The van der Waals surface area contributed by atoms with E-state index in [0.717, 1.165) is 6.07 Å². The Balaban J connectivity index is 0.000000547. The molecule has 0 aliphatic carbocycles. The molecule has 9 heteroatoms. The standard InChI is InChI=1S/C8H6O7S.C8H20P/c9-7(10)4-1-5(8(11)12)3-6(2-4)16(13,14)15;1-5-9(6-2,7-3)8-4/h1-3H,(H,9,10)(H,11,12)(H,13,14,15);5-8H2,1-4H3/q;+1. The number of hydrogen-bond donors (Lipinski definition) is 3. The monoisotopic (exact) mass is 393 g/mol. The lowest BCUT2D eigenvalue weighted by Gasteiger charge is -2.20. The topological polar surface area (TPSA) is 129 Å². The quantitative estimate of drug-likeness (QED) is 0.478. The minimum atomic E-state index is -4.64. The summed E-state index contributed by atoms with van der Waals surface area (Å²) in [5, 5.41) is 17.2. The minimum absolute atomic E-state index is 0.420. The second kappa shape index (κ2) is 9.85. The molecule has 0 aromatic heterocycles. The van der Waals surface area contributed by atoms with Crippen molar-refractivity contribution in [2.24, 2.45) is 0 Å². The molecule has 0 heterocycles. The first kappa shape index (κ1) is 23.5. The van der Waals surface area contributed by atoms with Gasteiger partial charge in [0.2, 0.25) is 0 Å². The van der Waals surface area contributed by atoms with Gasteiger partial charge in [-0.05, 0) is 45.9 Å². The molecule has 0 fully saturated rings. The van der Waals surface area contributed by atoms with Gasteiger partial charge < -0.3 is 10.2 Å². The molecule has 0 aliphatic rings. The molecule has 1 aromatic carbocycles. The van der Waals surface area contributed by atoms with Gasteiger partial charge in [0.05, 0.1) is 40.7 Å². The van der Waals surface area contributed by atoms with Crippen LogP contribution in [-0.2, 0) is 10.1 Å². The lowest BCUT2D eigenvalue weighted by molar-refractivity contribution is 0.0696. The SMILES string of the molecule is CC[P+](CC)(CC)CC.O=C(O)c1cc(C(=O)O)cc(S(=O)(=O)O)c1. The Hall–Kier alpha value is -1.50. The normalized spacial score (nSPS) is 11.4. The number of carboxylic acids is 2. The minimum Gasteiger partial charge on any atom is -0.478 e. The number of carboxylic acid groups (broad SMARTS) is 2. The highest BCUT2D eigenvalue weighted by atomic mass is 32.2. The maximum absolute atomic E-state index is 10.8. The highest BCUT2D eigenvalue weighted by Crippen LogP contribution is 2.57. The van der Waals surface area contributed by atoms with Gasteiger partial charge in [0.25, 0.3) is 10.1 Å². The van der Waals surface area contributed by atoms with E-state index in [9.17, 15) is 18.0 Å². The van der Waals surface area contributed by atoms with Crippen molar-refractivity contribution < 1.29 is 32.8 Å². The van der Waals surface area contributed by atoms with Crippen molar-refractivity contribution in [2.75, 3.05) is 24.6 Å². The molecule has 0 aliphatic heterocycles. The molecule has 0 saturated carbocycles. The van der Waals surface area contributed by atoms with Crippen LogP contribution in [0.25, 0.3) is 0 Å². The number of benzene rings is 1. The van der Waals surface area contributed by atoms with Crippen LogP contribution < -0.4 is 0 Å². The zero-order chi connectivity index (χ0) is 19.8. The summed E-state index contributed by atoms with van der Waals surface area (Å²) in [5.74, 6) is -2.99. The van der Waals surface area contributed by atoms with Gasteiger partial charge in [-0.25, -0.2) is 9.59 Å². The number of aromatic carboxylic acids is 2. The molecule has 1 aromatic rings. The smallest absolute Gasteiger partial charge is 0.335 e. The van der Waals surface area contributed by atoms with Crippen molar-refractivity contribution in [1.29, 1.82) is 0 Å². The molecule has 0 bridgehead atoms. The Kier molecular flexibility index (Phi) is 9.26. The van der Waals surface area contributed by atoms with Crippen LogP contribution in [0.15, 0.2) is 23.1 Å². The molecule has 0 amide bonds. The summed E-state index contributed by atoms with van der Waals surface area (Å²) in [6.07, 6.45) is 5.82. The van der Waals surface area contributed by atoms with Gasteiger partial charge in [-0.15, -0.1) is 0 Å². The van der Waals surface area contributed by atoms with Crippen LogP contribution in [0.3, 0.4) is 0 Å². The van der Waals surface area contributed by atoms with Gasteiger partial charge in [0.15, 0.2) is 0 Å². The fourth-order valence-corrected chi connectivity index (χ4v) is 5.57. The second-order valence-corrected chi connectivity index (χ2v) is 12.1. The molecular formula is C16H26O7PS+. The molecule has 1 rings (SSSR count). The zero-order valence-electron chi connectivity index (χ0n) is 14.9. The molecular weight excluding hydrogens is 367 g/mol. The van der Waals surface area contributed by atoms with Crippen LogP contribution in [-0.4, -0.2) is 59.8 Å². The predicted molar refractivity (Wildman–Crippen MR) is 99.3 cm³/mol. The van der Waals surface area contributed by atoms with Crippen LogP contribution in [0.1, 0.15) is 48.4 Å². The Morgan fingerprint density at radius 2 is 1.16 bits per heavy atom. The molecule has 7 nitrogen and oxygen atoms in total. The third-order valence-corrected chi connectivity index (χ3v) is 10.6. The van der Waals surface area contributed by atoms with Crippen LogP contribution in [0.4, 0.5) is 0 Å². The fourth-order valence-electron chi connectivity index (χ4n) is 2.34. The summed E-state index contributed by atoms with van der Waals surface area (Å²) in [4.78, 5) is 20.4. The fraction of sp³-hybridized carbons (Fsp3) is 0.500. The van der Waals surface area contributed by atoms with E-state index in [1.54, 1.807) is 0 Å². The van der Waals surface area contributed by atoms with Crippen molar-refractivity contribution in [3.63, 3.8) is 0 Å². The van der Waals surface area contributed by atoms with E-state index >= 15 is 0 Å². The Labute approximate surface area is 149 Å². The predicted octanol–water partition coefficient (Wildman–Crippen LogP) is 3.41. The highest BCUT2D eigenvalue weighted by Gasteiger charge is 2.27. The molecule has 0 spiro atoms. The van der Waals surface area contributed by atoms with E-state index in [0.29, 0.717) is 12.1 Å². The summed E-state index contributed by atoms with van der Waals surface area (Å²) in [6, 6.07) is 2.13. The van der Waals surface area contributed by atoms with Crippen molar-refractivity contribution in [1.82, 2.24) is 0 Å². The average molecular weight is 393 g/mol. The summed E-state index contributed by atoms with van der Waals surface area (Å²) < 4.78 is 30.2. The molecule has 142 valence electrons. The van der Waals surface area contributed by atoms with E-state index in [2.05, 4.69) is 27.7 Å². The first-order valence-corrected chi connectivity index (χ1v) is 11.9. The van der Waals surface area contributed by atoms with Crippen molar-refractivity contribution >= 4 is 29.3 Å². The van der Waals surface area contributed by atoms with E-state index in [1.165, 1.54) is 24.6 Å².